The Labute approximate surface area is 168 Å². The van der Waals surface area contributed by atoms with Crippen molar-refractivity contribution in [2.75, 3.05) is 12.3 Å². The summed E-state index contributed by atoms with van der Waals surface area (Å²) in [6, 6.07) is 9.60. The Balaban J connectivity index is 1.71. The Hall–Kier alpha value is -3.23. The molecule has 2 unspecified atom stereocenters. The lowest BCUT2D eigenvalue weighted by Gasteiger charge is -2.18. The van der Waals surface area contributed by atoms with E-state index < -0.39 is 7.12 Å². The summed E-state index contributed by atoms with van der Waals surface area (Å²) in [5.41, 5.74) is 10.7. The highest BCUT2D eigenvalue weighted by Crippen LogP contribution is 2.36. The minimum Gasteiger partial charge on any atom is -0.491 e. The monoisotopic (exact) mass is 386 g/mol. The molecule has 2 aliphatic rings. The van der Waals surface area contributed by atoms with E-state index in [4.69, 9.17) is 15.1 Å². The molecule has 2 atom stereocenters. The second kappa shape index (κ2) is 6.99. The molecular weight excluding hydrogens is 367 g/mol. The van der Waals surface area contributed by atoms with Crippen molar-refractivity contribution < 1.29 is 14.4 Å². The van der Waals surface area contributed by atoms with E-state index in [1.165, 1.54) is 0 Å². The molecule has 3 aromatic rings. The van der Waals surface area contributed by atoms with Gasteiger partial charge in [-0.15, -0.1) is 0 Å². The Morgan fingerprint density at radius 3 is 2.97 bits per heavy atom. The molecule has 7 nitrogen and oxygen atoms in total. The minimum atomic E-state index is -1.06. The molecule has 0 fully saturated rings. The predicted octanol–water partition coefficient (Wildman–Crippen LogP) is 2.05. The molecule has 144 valence electrons. The van der Waals surface area contributed by atoms with Crippen LogP contribution in [0.5, 0.6) is 5.75 Å². The number of ether oxygens (including phenoxy) is 1. The zero-order chi connectivity index (χ0) is 20.0. The van der Waals surface area contributed by atoms with Gasteiger partial charge in [-0.3, -0.25) is 4.99 Å². The van der Waals surface area contributed by atoms with E-state index >= 15 is 0 Å². The first kappa shape index (κ1) is 17.8. The number of benzene rings is 2. The van der Waals surface area contributed by atoms with Crippen molar-refractivity contribution >= 4 is 35.4 Å². The largest absolute Gasteiger partial charge is 0.495 e. The molecule has 0 bridgehead atoms. The van der Waals surface area contributed by atoms with Crippen LogP contribution in [0.1, 0.15) is 18.5 Å². The molecule has 1 aromatic heterocycles. The maximum atomic E-state index is 10.6. The number of anilines is 1. The van der Waals surface area contributed by atoms with E-state index in [2.05, 4.69) is 15.2 Å². The van der Waals surface area contributed by atoms with Crippen molar-refractivity contribution in [3.05, 3.63) is 54.2 Å². The third kappa shape index (κ3) is 3.16. The van der Waals surface area contributed by atoms with Crippen molar-refractivity contribution in [2.45, 2.75) is 19.1 Å². The van der Waals surface area contributed by atoms with Gasteiger partial charge < -0.3 is 20.1 Å². The van der Waals surface area contributed by atoms with E-state index in [1.807, 2.05) is 49.4 Å². The van der Waals surface area contributed by atoms with Crippen LogP contribution in [0.3, 0.4) is 0 Å². The predicted molar refractivity (Wildman–Crippen MR) is 113 cm³/mol. The minimum absolute atomic E-state index is 0.125. The van der Waals surface area contributed by atoms with Crippen LogP contribution in [0.25, 0.3) is 22.0 Å². The average Bonchev–Trinajstić information content (AvgIpc) is 3.22. The molecule has 0 amide bonds. The lowest BCUT2D eigenvalue weighted by molar-refractivity contribution is 0.135. The van der Waals surface area contributed by atoms with Crippen molar-refractivity contribution in [3.63, 3.8) is 0 Å². The number of allylic oxidation sites excluding steroid dienone is 1. The summed E-state index contributed by atoms with van der Waals surface area (Å²) in [5, 5.41) is 19.6. The van der Waals surface area contributed by atoms with Crippen molar-refractivity contribution in [1.29, 1.82) is 0 Å². The van der Waals surface area contributed by atoms with Crippen LogP contribution in [0.15, 0.2) is 53.7 Å². The second-order valence-corrected chi connectivity index (χ2v) is 7.25. The zero-order valence-corrected chi connectivity index (χ0v) is 15.8. The zero-order valence-electron chi connectivity index (χ0n) is 15.8. The molecule has 2 aromatic carbocycles. The van der Waals surface area contributed by atoms with Gasteiger partial charge in [0.1, 0.15) is 12.4 Å². The Morgan fingerprint density at radius 1 is 1.24 bits per heavy atom. The number of nitrogen functional groups attached to an aromatic ring is 1. The van der Waals surface area contributed by atoms with Crippen molar-refractivity contribution in [1.82, 2.24) is 10.2 Å². The number of hydrogen-bond acceptors (Lipinski definition) is 7. The molecule has 0 aliphatic carbocycles. The molecule has 2 aliphatic heterocycles. The number of aromatic nitrogens is 2. The van der Waals surface area contributed by atoms with Crippen LogP contribution >= 0.6 is 0 Å². The van der Waals surface area contributed by atoms with E-state index in [1.54, 1.807) is 12.4 Å². The molecule has 0 saturated heterocycles. The number of nitrogens with two attached hydrogens (primary N) is 1. The van der Waals surface area contributed by atoms with Gasteiger partial charge in [-0.25, -0.2) is 0 Å². The first-order chi connectivity index (χ1) is 14.1. The maximum absolute atomic E-state index is 10.6. The first-order valence-electron chi connectivity index (χ1n) is 9.45. The molecule has 0 spiro atoms. The van der Waals surface area contributed by atoms with Gasteiger partial charge in [0.25, 0.3) is 0 Å². The number of rotatable bonds is 2. The highest BCUT2D eigenvalue weighted by atomic mass is 16.6. The van der Waals surface area contributed by atoms with Crippen LogP contribution < -0.4 is 15.9 Å². The summed E-state index contributed by atoms with van der Waals surface area (Å²) in [7, 11) is -1.06. The molecule has 3 heterocycles. The summed E-state index contributed by atoms with van der Waals surface area (Å²) < 4.78 is 11.5. The van der Waals surface area contributed by atoms with Gasteiger partial charge in [0.2, 0.25) is 0 Å². The van der Waals surface area contributed by atoms with Gasteiger partial charge in [-0.1, -0.05) is 18.2 Å². The standard InChI is InChI=1S/C21H19BN4O3/c1-12-11-28-21-9-16(19-3-2-6-24-19)15(8-17(21)22(27)29-12)13-4-5-14-18(23)10-25-26-20(14)7-13/h2-10,12,19,27H,11H2,1H3,(H2,23,26). The molecule has 5 rings (SSSR count). The number of nitrogens with zero attached hydrogens (tertiary/aromatic N) is 3. The molecule has 29 heavy (non-hydrogen) atoms. The number of aliphatic imine (C=N–C) groups is 1. The summed E-state index contributed by atoms with van der Waals surface area (Å²) in [5.74, 6) is 0.612. The number of fused-ring (bicyclic) bond motifs is 2. The van der Waals surface area contributed by atoms with E-state index in [0.29, 0.717) is 29.0 Å². The van der Waals surface area contributed by atoms with Crippen molar-refractivity contribution in [2.24, 2.45) is 4.99 Å². The number of hydrogen-bond donors (Lipinski definition) is 2. The van der Waals surface area contributed by atoms with Crippen molar-refractivity contribution in [3.8, 4) is 16.9 Å². The van der Waals surface area contributed by atoms with E-state index in [0.717, 1.165) is 22.1 Å². The fourth-order valence-corrected chi connectivity index (χ4v) is 3.74. The van der Waals surface area contributed by atoms with Gasteiger partial charge in [-0.2, -0.15) is 10.2 Å². The van der Waals surface area contributed by atoms with Gasteiger partial charge in [0.05, 0.1) is 29.5 Å². The lowest BCUT2D eigenvalue weighted by Crippen LogP contribution is -2.35. The highest BCUT2D eigenvalue weighted by molar-refractivity contribution is 6.61. The topological polar surface area (TPSA) is 103 Å². The maximum Gasteiger partial charge on any atom is 0.495 e. The van der Waals surface area contributed by atoms with Crippen LogP contribution in [0.4, 0.5) is 5.69 Å². The second-order valence-electron chi connectivity index (χ2n) is 7.25. The SMILES string of the molecule is CC1COc2cc(C3C=CC=N3)c(-c3ccc4c(N)cnnc4c3)cc2B(O)O1. The van der Waals surface area contributed by atoms with E-state index in [9.17, 15) is 5.02 Å². The summed E-state index contributed by atoms with van der Waals surface area (Å²) in [6.45, 7) is 2.24. The van der Waals surface area contributed by atoms with Crippen LogP contribution in [-0.4, -0.2) is 41.3 Å². The van der Waals surface area contributed by atoms with Crippen LogP contribution in [0, 0.1) is 0 Å². The van der Waals surface area contributed by atoms with Gasteiger partial charge in [0, 0.05) is 17.1 Å². The molecule has 0 radical (unpaired) electrons. The Morgan fingerprint density at radius 2 is 2.14 bits per heavy atom. The summed E-state index contributed by atoms with van der Waals surface area (Å²) in [4.78, 5) is 4.54. The summed E-state index contributed by atoms with van der Waals surface area (Å²) >= 11 is 0. The van der Waals surface area contributed by atoms with Crippen LogP contribution in [0.2, 0.25) is 0 Å². The van der Waals surface area contributed by atoms with E-state index in [-0.39, 0.29) is 12.1 Å². The molecular formula is C21H19BN4O3. The summed E-state index contributed by atoms with van der Waals surface area (Å²) in [6.07, 6.45) is 7.06. The highest BCUT2D eigenvalue weighted by Gasteiger charge is 2.30. The Bertz CT molecular complexity index is 1150. The first-order valence-corrected chi connectivity index (χ1v) is 9.45. The lowest BCUT2D eigenvalue weighted by atomic mass is 9.76. The smallest absolute Gasteiger partial charge is 0.491 e. The van der Waals surface area contributed by atoms with Gasteiger partial charge in [-0.05, 0) is 47.9 Å². The molecule has 3 N–H and O–H groups in total. The third-order valence-corrected chi connectivity index (χ3v) is 5.21. The molecule has 0 saturated carbocycles. The Kier molecular flexibility index (Phi) is 4.30. The fraction of sp³-hybridized carbons (Fsp3) is 0.190. The van der Waals surface area contributed by atoms with Gasteiger partial charge in [0.15, 0.2) is 0 Å². The molecule has 8 heteroatoms. The quantitative estimate of drug-likeness (QED) is 0.654. The van der Waals surface area contributed by atoms with Gasteiger partial charge >= 0.3 is 7.12 Å². The van der Waals surface area contributed by atoms with Crippen LogP contribution in [-0.2, 0) is 4.65 Å². The normalized spacial score (nSPS) is 20.6. The average molecular weight is 386 g/mol. The fourth-order valence-electron chi connectivity index (χ4n) is 3.74. The third-order valence-electron chi connectivity index (χ3n) is 5.21.